The van der Waals surface area contributed by atoms with Crippen LogP contribution in [0, 0.1) is 0 Å². The molecule has 1 nitrogen and oxygen atoms in total. The third-order valence-electron chi connectivity index (χ3n) is 2.87. The summed E-state index contributed by atoms with van der Waals surface area (Å²) in [6.45, 7) is 8.35. The van der Waals surface area contributed by atoms with Crippen LogP contribution in [-0.4, -0.2) is 25.7 Å². The van der Waals surface area contributed by atoms with Gasteiger partial charge >= 0.3 is 0 Å². The van der Waals surface area contributed by atoms with Crippen molar-refractivity contribution in [1.82, 2.24) is 0 Å². The summed E-state index contributed by atoms with van der Waals surface area (Å²) in [6, 6.07) is 10.8. The van der Waals surface area contributed by atoms with Gasteiger partial charge in [-0.2, -0.15) is 0 Å². The van der Waals surface area contributed by atoms with E-state index in [1.807, 2.05) is 11.8 Å². The lowest BCUT2D eigenvalue weighted by Crippen LogP contribution is -2.36. The molecule has 1 fully saturated rings. The van der Waals surface area contributed by atoms with Crippen molar-refractivity contribution in [2.75, 3.05) is 6.61 Å². The molecule has 1 aliphatic heterocycles. The molecule has 0 spiro atoms. The number of thioether (sulfide) groups is 1. The van der Waals surface area contributed by atoms with Crippen LogP contribution in [0.25, 0.3) is 0 Å². The van der Waals surface area contributed by atoms with Gasteiger partial charge in [0.25, 0.3) is 0 Å². The summed E-state index contributed by atoms with van der Waals surface area (Å²) in [4.78, 5) is 2.16. The molecule has 0 N–H and O–H groups in total. The first-order valence-electron chi connectivity index (χ1n) is 5.89. The zero-order valence-electron chi connectivity index (χ0n) is 10.3. The Morgan fingerprint density at radius 3 is 2.44 bits per heavy atom. The number of hydrogen-bond acceptors (Lipinski definition) is 2. The molecule has 0 amide bonds. The van der Waals surface area contributed by atoms with Gasteiger partial charge < -0.3 is 4.74 Å². The minimum absolute atomic E-state index is 0.549. The molecule has 88 valence electrons. The van der Waals surface area contributed by atoms with Crippen molar-refractivity contribution in [2.45, 2.75) is 41.9 Å². The predicted octanol–water partition coefficient (Wildman–Crippen LogP) is 3.81. The lowest BCUT2D eigenvalue weighted by atomic mass is 10.4. The average Bonchev–Trinajstić information content (AvgIpc) is 3.01. The highest BCUT2D eigenvalue weighted by molar-refractivity contribution is 8.01. The quantitative estimate of drug-likeness (QED) is 0.449. The van der Waals surface area contributed by atoms with Gasteiger partial charge in [-0.25, -0.2) is 0 Å². The van der Waals surface area contributed by atoms with Crippen molar-refractivity contribution in [3.63, 3.8) is 0 Å². The Hall–Kier alpha value is -0.253. The Labute approximate surface area is 104 Å². The number of ether oxygens (including phenoxy) is 1. The fourth-order valence-electron chi connectivity index (χ4n) is 1.68. The molecule has 1 aromatic rings. The van der Waals surface area contributed by atoms with Crippen LogP contribution in [0.1, 0.15) is 6.42 Å². The molecule has 0 bridgehead atoms. The maximum absolute atomic E-state index is 5.38. The van der Waals surface area contributed by atoms with Gasteiger partial charge in [0, 0.05) is 9.77 Å². The van der Waals surface area contributed by atoms with Crippen LogP contribution in [0.4, 0.5) is 0 Å². The summed E-state index contributed by atoms with van der Waals surface area (Å²) >= 11 is 2.05. The second-order valence-corrected chi connectivity index (χ2v) is 12.6. The average molecular weight is 252 g/mol. The largest absolute Gasteiger partial charge is 0.373 e. The topological polar surface area (TPSA) is 12.5 Å². The molecule has 0 unspecified atom stereocenters. The molecule has 2 rings (SSSR count). The minimum Gasteiger partial charge on any atom is -0.373 e. The highest BCUT2D eigenvalue weighted by atomic mass is 32.2. The molecular formula is C13H20OSSi. The lowest BCUT2D eigenvalue weighted by molar-refractivity contribution is 0.401. The molecule has 16 heavy (non-hydrogen) atoms. The van der Waals surface area contributed by atoms with Gasteiger partial charge in [-0.15, -0.1) is 11.8 Å². The van der Waals surface area contributed by atoms with Crippen LogP contribution in [-0.2, 0) is 4.74 Å². The normalized spacial score (nSPS) is 21.8. The van der Waals surface area contributed by atoms with Crippen LogP contribution in [0.5, 0.6) is 0 Å². The van der Waals surface area contributed by atoms with Crippen LogP contribution in [0.15, 0.2) is 35.2 Å². The van der Waals surface area contributed by atoms with Crippen molar-refractivity contribution < 1.29 is 4.74 Å². The second kappa shape index (κ2) is 4.94. The summed E-state index contributed by atoms with van der Waals surface area (Å²) < 4.78 is 5.38. The van der Waals surface area contributed by atoms with E-state index in [4.69, 9.17) is 4.74 Å². The molecule has 1 aliphatic rings. The van der Waals surface area contributed by atoms with Crippen LogP contribution >= 0.6 is 11.8 Å². The summed E-state index contributed by atoms with van der Waals surface area (Å²) in [7, 11) is -1.11. The van der Waals surface area contributed by atoms with Crippen molar-refractivity contribution >= 4 is 19.8 Å². The smallest absolute Gasteiger partial charge is 0.0817 e. The third kappa shape index (κ3) is 3.65. The van der Waals surface area contributed by atoms with Gasteiger partial charge in [0.2, 0.25) is 0 Å². The number of epoxide rings is 1. The van der Waals surface area contributed by atoms with Gasteiger partial charge in [0.15, 0.2) is 0 Å². The molecule has 0 saturated carbocycles. The fourth-order valence-corrected chi connectivity index (χ4v) is 5.43. The van der Waals surface area contributed by atoms with Gasteiger partial charge in [0.1, 0.15) is 0 Å². The second-order valence-electron chi connectivity index (χ2n) is 5.48. The summed E-state index contributed by atoms with van der Waals surface area (Å²) in [5, 5.41) is 0. The third-order valence-corrected chi connectivity index (χ3v) is 8.53. The van der Waals surface area contributed by atoms with Crippen molar-refractivity contribution in [3.8, 4) is 0 Å². The van der Waals surface area contributed by atoms with E-state index in [0.29, 0.717) is 6.10 Å². The number of rotatable bonds is 5. The van der Waals surface area contributed by atoms with E-state index in [1.165, 1.54) is 11.3 Å². The zero-order valence-corrected chi connectivity index (χ0v) is 12.1. The van der Waals surface area contributed by atoms with E-state index in [-0.39, 0.29) is 0 Å². The van der Waals surface area contributed by atoms with Crippen LogP contribution < -0.4 is 0 Å². The Morgan fingerprint density at radius 2 is 1.94 bits per heavy atom. The van der Waals surface area contributed by atoms with E-state index in [9.17, 15) is 0 Å². The first kappa shape index (κ1) is 12.2. The van der Waals surface area contributed by atoms with Crippen molar-refractivity contribution in [3.05, 3.63) is 30.3 Å². The maximum Gasteiger partial charge on any atom is 0.0817 e. The first-order chi connectivity index (χ1) is 7.55. The van der Waals surface area contributed by atoms with Gasteiger partial charge in [-0.3, -0.25) is 0 Å². The Morgan fingerprint density at radius 1 is 1.31 bits per heavy atom. The highest BCUT2D eigenvalue weighted by Gasteiger charge is 2.34. The standard InChI is InChI=1S/C13H20OSSi/c1-16(2,3)13(9-11-10-14-11)15-12-7-5-4-6-8-12/h4-8,11,13H,9-10H2,1-3H3/t11-,13+/m0/s1. The molecule has 2 atom stereocenters. The Kier molecular flexibility index (Phi) is 3.77. The van der Waals surface area contributed by atoms with E-state index >= 15 is 0 Å². The Bertz CT molecular complexity index is 330. The Balaban J connectivity index is 2.01. The monoisotopic (exact) mass is 252 g/mol. The molecule has 1 aromatic carbocycles. The molecule has 1 saturated heterocycles. The van der Waals surface area contributed by atoms with Crippen LogP contribution in [0.2, 0.25) is 19.6 Å². The summed E-state index contributed by atoms with van der Waals surface area (Å²) in [5.74, 6) is 0. The predicted molar refractivity (Wildman–Crippen MR) is 73.8 cm³/mol. The van der Waals surface area contributed by atoms with E-state index in [0.717, 1.165) is 11.5 Å². The fraction of sp³-hybridized carbons (Fsp3) is 0.538. The number of hydrogen-bond donors (Lipinski definition) is 0. The van der Waals surface area contributed by atoms with E-state index < -0.39 is 8.07 Å². The molecule has 0 radical (unpaired) electrons. The maximum atomic E-state index is 5.38. The van der Waals surface area contributed by atoms with Crippen LogP contribution in [0.3, 0.4) is 0 Å². The summed E-state index contributed by atoms with van der Waals surface area (Å²) in [6.07, 6.45) is 1.78. The summed E-state index contributed by atoms with van der Waals surface area (Å²) in [5.41, 5.74) is 0. The SMILES string of the molecule is C[Si](C)(C)[C@H](C[C@H]1CO1)Sc1ccccc1. The van der Waals surface area contributed by atoms with E-state index in [2.05, 4.69) is 50.0 Å². The van der Waals surface area contributed by atoms with Gasteiger partial charge in [-0.05, 0) is 18.6 Å². The first-order valence-corrected chi connectivity index (χ1v) is 10.3. The molecule has 0 aliphatic carbocycles. The lowest BCUT2D eigenvalue weighted by Gasteiger charge is -2.28. The molecule has 3 heteroatoms. The minimum atomic E-state index is -1.11. The van der Waals surface area contributed by atoms with Gasteiger partial charge in [-0.1, -0.05) is 37.8 Å². The highest BCUT2D eigenvalue weighted by Crippen LogP contribution is 2.35. The molecule has 1 heterocycles. The molecule has 0 aromatic heterocycles. The van der Waals surface area contributed by atoms with Crippen molar-refractivity contribution in [1.29, 1.82) is 0 Å². The van der Waals surface area contributed by atoms with E-state index in [1.54, 1.807) is 0 Å². The van der Waals surface area contributed by atoms with Crippen molar-refractivity contribution in [2.24, 2.45) is 0 Å². The van der Waals surface area contributed by atoms with Gasteiger partial charge in [0.05, 0.1) is 20.8 Å². The zero-order chi connectivity index (χ0) is 11.6. The molecular weight excluding hydrogens is 232 g/mol. The number of benzene rings is 1.